The molecule has 0 unspecified atom stereocenters. The van der Waals surface area contributed by atoms with Crippen LogP contribution < -0.4 is 15.5 Å². The molecule has 164 valence electrons. The second-order valence-corrected chi connectivity index (χ2v) is 8.13. The van der Waals surface area contributed by atoms with Gasteiger partial charge in [-0.1, -0.05) is 13.8 Å². The predicted molar refractivity (Wildman–Crippen MR) is 124 cm³/mol. The number of hydrogen-bond donors (Lipinski definition) is 2. The number of benzene rings is 2. The van der Waals surface area contributed by atoms with Crippen molar-refractivity contribution >= 4 is 34.9 Å². The Labute approximate surface area is 183 Å². The lowest BCUT2D eigenvalue weighted by atomic mass is 10.1. The van der Waals surface area contributed by atoms with E-state index in [0.29, 0.717) is 29.0 Å². The molecule has 0 radical (unpaired) electrons. The fourth-order valence-electron chi connectivity index (χ4n) is 3.76. The van der Waals surface area contributed by atoms with Gasteiger partial charge in [-0.05, 0) is 68.7 Å². The second kappa shape index (κ2) is 9.20. The van der Waals surface area contributed by atoms with Crippen LogP contribution in [0.25, 0.3) is 0 Å². The van der Waals surface area contributed by atoms with Crippen LogP contribution in [0.4, 0.5) is 21.9 Å². The van der Waals surface area contributed by atoms with E-state index < -0.39 is 6.03 Å². The van der Waals surface area contributed by atoms with Gasteiger partial charge < -0.3 is 15.5 Å². The largest absolute Gasteiger partial charge is 0.372 e. The number of amides is 4. The van der Waals surface area contributed by atoms with E-state index in [1.807, 2.05) is 39.0 Å². The van der Waals surface area contributed by atoms with Crippen LogP contribution in [-0.4, -0.2) is 42.4 Å². The van der Waals surface area contributed by atoms with Crippen molar-refractivity contribution in [1.82, 2.24) is 4.90 Å². The first kappa shape index (κ1) is 22.3. The van der Waals surface area contributed by atoms with E-state index in [9.17, 15) is 14.4 Å². The Morgan fingerprint density at radius 1 is 0.968 bits per heavy atom. The monoisotopic (exact) mass is 422 g/mol. The Morgan fingerprint density at radius 2 is 1.65 bits per heavy atom. The molecule has 2 N–H and O–H groups in total. The molecule has 0 fully saturated rings. The number of nitrogens with zero attached hydrogens (tertiary/aromatic N) is 2. The molecule has 3 rings (SSSR count). The number of fused-ring (bicyclic) bond motifs is 1. The van der Waals surface area contributed by atoms with Gasteiger partial charge in [0.1, 0.15) is 0 Å². The summed E-state index contributed by atoms with van der Waals surface area (Å²) in [5, 5.41) is 5.61. The molecule has 7 nitrogen and oxygen atoms in total. The van der Waals surface area contributed by atoms with Gasteiger partial charge in [0.25, 0.3) is 11.8 Å². The number of rotatable bonds is 7. The van der Waals surface area contributed by atoms with Gasteiger partial charge in [0.05, 0.1) is 11.1 Å². The fraction of sp³-hybridized carbons (Fsp3) is 0.375. The number of imide groups is 1. The van der Waals surface area contributed by atoms with Crippen molar-refractivity contribution in [2.75, 3.05) is 35.2 Å². The van der Waals surface area contributed by atoms with Crippen LogP contribution in [0, 0.1) is 12.8 Å². The maximum Gasteiger partial charge on any atom is 0.323 e. The normalized spacial score (nSPS) is 12.9. The first-order chi connectivity index (χ1) is 14.7. The first-order valence-corrected chi connectivity index (χ1v) is 10.7. The van der Waals surface area contributed by atoms with Gasteiger partial charge in [0.2, 0.25) is 0 Å². The zero-order valence-corrected chi connectivity index (χ0v) is 18.8. The molecular weight excluding hydrogens is 392 g/mol. The summed E-state index contributed by atoms with van der Waals surface area (Å²) in [5.41, 5.74) is 3.94. The summed E-state index contributed by atoms with van der Waals surface area (Å²) in [6.45, 7) is 12.3. The lowest BCUT2D eigenvalue weighted by Gasteiger charge is -2.22. The first-order valence-electron chi connectivity index (χ1n) is 10.7. The van der Waals surface area contributed by atoms with Crippen LogP contribution in [0.3, 0.4) is 0 Å². The van der Waals surface area contributed by atoms with E-state index in [1.54, 1.807) is 18.2 Å². The minimum atomic E-state index is -0.408. The Kier molecular flexibility index (Phi) is 6.63. The highest BCUT2D eigenvalue weighted by Crippen LogP contribution is 2.27. The Morgan fingerprint density at radius 3 is 2.26 bits per heavy atom. The molecule has 0 atom stereocenters. The van der Waals surface area contributed by atoms with Gasteiger partial charge in [-0.25, -0.2) is 4.79 Å². The lowest BCUT2D eigenvalue weighted by molar-refractivity contribution is 0.0636. The standard InChI is InChI=1S/C24H30N4O3/c1-6-27(7-2)18-9-11-21(16(5)12-18)26-24(31)25-17-8-10-19-20(13-17)23(30)28(22(19)29)14-15(3)4/h8-13,15H,6-7,14H2,1-5H3,(H2,25,26,31). The molecule has 0 aliphatic carbocycles. The minimum Gasteiger partial charge on any atom is -0.372 e. The second-order valence-electron chi connectivity index (χ2n) is 8.13. The van der Waals surface area contributed by atoms with E-state index in [-0.39, 0.29) is 17.7 Å². The molecule has 31 heavy (non-hydrogen) atoms. The van der Waals surface area contributed by atoms with Crippen LogP contribution in [0.5, 0.6) is 0 Å². The lowest BCUT2D eigenvalue weighted by Crippen LogP contribution is -2.33. The van der Waals surface area contributed by atoms with Crippen molar-refractivity contribution < 1.29 is 14.4 Å². The highest BCUT2D eigenvalue weighted by molar-refractivity contribution is 6.22. The van der Waals surface area contributed by atoms with Crippen molar-refractivity contribution in [2.45, 2.75) is 34.6 Å². The number of carbonyl (C=O) groups is 3. The molecular formula is C24H30N4O3. The van der Waals surface area contributed by atoms with Crippen LogP contribution in [0.2, 0.25) is 0 Å². The molecule has 1 aliphatic rings. The third kappa shape index (κ3) is 4.71. The molecule has 2 aromatic rings. The maximum absolute atomic E-state index is 12.6. The molecule has 1 aliphatic heterocycles. The van der Waals surface area contributed by atoms with Gasteiger partial charge in [0.15, 0.2) is 0 Å². The van der Waals surface area contributed by atoms with E-state index in [2.05, 4.69) is 29.4 Å². The van der Waals surface area contributed by atoms with Crippen molar-refractivity contribution in [3.05, 3.63) is 53.1 Å². The molecule has 0 saturated carbocycles. The Hall–Kier alpha value is -3.35. The SMILES string of the molecule is CCN(CC)c1ccc(NC(=O)Nc2ccc3c(c2)C(=O)N(CC(C)C)C3=O)c(C)c1. The molecule has 7 heteroatoms. The highest BCUT2D eigenvalue weighted by Gasteiger charge is 2.35. The third-order valence-electron chi connectivity index (χ3n) is 5.36. The highest BCUT2D eigenvalue weighted by atomic mass is 16.2. The summed E-state index contributed by atoms with van der Waals surface area (Å²) in [6.07, 6.45) is 0. The molecule has 2 aromatic carbocycles. The Balaban J connectivity index is 1.71. The van der Waals surface area contributed by atoms with Crippen molar-refractivity contribution in [1.29, 1.82) is 0 Å². The van der Waals surface area contributed by atoms with Crippen LogP contribution in [0.15, 0.2) is 36.4 Å². The summed E-state index contributed by atoms with van der Waals surface area (Å²) in [4.78, 5) is 41.1. The van der Waals surface area contributed by atoms with Crippen LogP contribution in [-0.2, 0) is 0 Å². The van der Waals surface area contributed by atoms with Crippen LogP contribution in [0.1, 0.15) is 54.0 Å². The van der Waals surface area contributed by atoms with Gasteiger partial charge >= 0.3 is 6.03 Å². The van der Waals surface area contributed by atoms with Crippen LogP contribution >= 0.6 is 0 Å². The average molecular weight is 423 g/mol. The van der Waals surface area contributed by atoms with E-state index in [0.717, 1.165) is 24.3 Å². The number of carbonyl (C=O) groups excluding carboxylic acids is 3. The topological polar surface area (TPSA) is 81.8 Å². The van der Waals surface area contributed by atoms with Crippen molar-refractivity contribution in [3.63, 3.8) is 0 Å². The number of aryl methyl sites for hydroxylation is 1. The number of nitrogens with one attached hydrogen (secondary N) is 2. The van der Waals surface area contributed by atoms with E-state index >= 15 is 0 Å². The van der Waals surface area contributed by atoms with Crippen molar-refractivity contribution in [3.8, 4) is 0 Å². The summed E-state index contributed by atoms with van der Waals surface area (Å²) in [6, 6.07) is 10.3. The van der Waals surface area contributed by atoms with Gasteiger partial charge in [-0.15, -0.1) is 0 Å². The van der Waals surface area contributed by atoms with Gasteiger partial charge in [-0.2, -0.15) is 0 Å². The predicted octanol–water partition coefficient (Wildman–Crippen LogP) is 4.74. The summed E-state index contributed by atoms with van der Waals surface area (Å²) >= 11 is 0. The molecule has 1 heterocycles. The quantitative estimate of drug-likeness (QED) is 0.632. The fourth-order valence-corrected chi connectivity index (χ4v) is 3.76. The zero-order chi connectivity index (χ0) is 22.7. The maximum atomic E-state index is 12.6. The van der Waals surface area contributed by atoms with Gasteiger partial charge in [-0.3, -0.25) is 14.5 Å². The molecule has 0 spiro atoms. The average Bonchev–Trinajstić information content (AvgIpc) is 2.95. The summed E-state index contributed by atoms with van der Waals surface area (Å²) < 4.78 is 0. The van der Waals surface area contributed by atoms with Gasteiger partial charge in [0, 0.05) is 36.7 Å². The number of hydrogen-bond acceptors (Lipinski definition) is 4. The molecule has 0 aromatic heterocycles. The third-order valence-corrected chi connectivity index (χ3v) is 5.36. The summed E-state index contributed by atoms with van der Waals surface area (Å²) in [5.74, 6) is -0.420. The molecule has 0 saturated heterocycles. The van der Waals surface area contributed by atoms with Crippen molar-refractivity contribution in [2.24, 2.45) is 5.92 Å². The van der Waals surface area contributed by atoms with E-state index in [4.69, 9.17) is 0 Å². The smallest absolute Gasteiger partial charge is 0.323 e. The van der Waals surface area contributed by atoms with E-state index in [1.165, 1.54) is 4.90 Å². The summed E-state index contributed by atoms with van der Waals surface area (Å²) in [7, 11) is 0. The number of urea groups is 1. The molecule has 4 amide bonds. The number of anilines is 3. The Bertz CT molecular complexity index is 1010. The minimum absolute atomic E-state index is 0.182. The zero-order valence-electron chi connectivity index (χ0n) is 18.8. The molecule has 0 bridgehead atoms.